The minimum Gasteiger partial charge on any atom is -0.357 e. The first-order valence-corrected chi connectivity index (χ1v) is 11.1. The van der Waals surface area contributed by atoms with Gasteiger partial charge in [0.15, 0.2) is 5.96 Å². The molecule has 2 amide bonds. The molecule has 1 aromatic carbocycles. The lowest BCUT2D eigenvalue weighted by molar-refractivity contribution is -0.133. The minimum absolute atomic E-state index is 0.0286. The number of nitrogens with one attached hydrogen (secondary N) is 3. The first-order chi connectivity index (χ1) is 14.3. The molecule has 1 aromatic rings. The van der Waals surface area contributed by atoms with Crippen LogP contribution in [0.3, 0.4) is 0 Å². The number of aliphatic imine (C=N–C) groups is 1. The number of hydrogen-bond donors (Lipinski definition) is 3. The van der Waals surface area contributed by atoms with Gasteiger partial charge in [0, 0.05) is 43.2 Å². The van der Waals surface area contributed by atoms with E-state index in [2.05, 4.69) is 20.9 Å². The molecular formula is C23H37N5O2. The van der Waals surface area contributed by atoms with E-state index in [0.717, 1.165) is 37.5 Å². The summed E-state index contributed by atoms with van der Waals surface area (Å²) in [6.45, 7) is 12.7. The second-order valence-electron chi connectivity index (χ2n) is 8.24. The summed E-state index contributed by atoms with van der Waals surface area (Å²) in [5, 5.41) is 9.70. The summed E-state index contributed by atoms with van der Waals surface area (Å²) in [5.41, 5.74) is 1.70. The first kappa shape index (κ1) is 23.7. The van der Waals surface area contributed by atoms with Crippen LogP contribution in [0.15, 0.2) is 29.3 Å². The van der Waals surface area contributed by atoms with E-state index < -0.39 is 0 Å². The van der Waals surface area contributed by atoms with Gasteiger partial charge in [-0.25, -0.2) is 4.99 Å². The molecule has 0 bridgehead atoms. The molecule has 3 N–H and O–H groups in total. The number of amides is 2. The first-order valence-electron chi connectivity index (χ1n) is 11.1. The number of benzene rings is 1. The molecule has 2 rings (SSSR count). The van der Waals surface area contributed by atoms with Crippen LogP contribution in [0, 0.1) is 5.92 Å². The molecule has 7 nitrogen and oxygen atoms in total. The third-order valence-electron chi connectivity index (χ3n) is 5.30. The third-order valence-corrected chi connectivity index (χ3v) is 5.30. The molecule has 0 aromatic heterocycles. The third kappa shape index (κ3) is 7.04. The van der Waals surface area contributed by atoms with Crippen LogP contribution in [0.5, 0.6) is 0 Å². The van der Waals surface area contributed by atoms with Crippen molar-refractivity contribution in [2.24, 2.45) is 10.9 Å². The van der Waals surface area contributed by atoms with Crippen molar-refractivity contribution in [2.45, 2.75) is 66.1 Å². The number of carbonyl (C=O) groups excluding carboxylic acids is 2. The molecule has 30 heavy (non-hydrogen) atoms. The molecule has 7 heteroatoms. The molecular weight excluding hydrogens is 378 g/mol. The topological polar surface area (TPSA) is 85.8 Å². The van der Waals surface area contributed by atoms with Crippen molar-refractivity contribution in [1.82, 2.24) is 20.9 Å². The Morgan fingerprint density at radius 2 is 1.87 bits per heavy atom. The molecule has 0 radical (unpaired) electrons. The lowest BCUT2D eigenvalue weighted by Crippen LogP contribution is -2.45. The van der Waals surface area contributed by atoms with Crippen LogP contribution in [0.1, 0.15) is 63.4 Å². The smallest absolute Gasteiger partial charge is 0.251 e. The Labute approximate surface area is 180 Å². The highest BCUT2D eigenvalue weighted by Gasteiger charge is 2.27. The van der Waals surface area contributed by atoms with Crippen LogP contribution in [-0.2, 0) is 11.3 Å². The molecule has 2 atom stereocenters. The van der Waals surface area contributed by atoms with Crippen LogP contribution in [0.25, 0.3) is 0 Å². The molecule has 1 heterocycles. The number of nitrogens with zero attached hydrogens (tertiary/aromatic N) is 2. The van der Waals surface area contributed by atoms with E-state index in [9.17, 15) is 9.59 Å². The monoisotopic (exact) mass is 415 g/mol. The maximum absolute atomic E-state index is 12.2. The van der Waals surface area contributed by atoms with Crippen LogP contribution >= 0.6 is 0 Å². The van der Waals surface area contributed by atoms with E-state index in [-0.39, 0.29) is 29.8 Å². The van der Waals surface area contributed by atoms with Gasteiger partial charge in [-0.2, -0.15) is 0 Å². The molecule has 0 spiro atoms. The van der Waals surface area contributed by atoms with Gasteiger partial charge in [0.2, 0.25) is 5.91 Å². The lowest BCUT2D eigenvalue weighted by Gasteiger charge is -2.20. The van der Waals surface area contributed by atoms with Gasteiger partial charge in [-0.05, 0) is 44.4 Å². The molecule has 0 saturated carbocycles. The van der Waals surface area contributed by atoms with E-state index in [4.69, 9.17) is 0 Å². The van der Waals surface area contributed by atoms with E-state index in [1.165, 1.54) is 0 Å². The summed E-state index contributed by atoms with van der Waals surface area (Å²) in [6.07, 6.45) is 1.83. The number of likely N-dealkylation sites (tertiary alicyclic amines) is 1. The zero-order valence-electron chi connectivity index (χ0n) is 19.0. The van der Waals surface area contributed by atoms with Crippen molar-refractivity contribution in [2.75, 3.05) is 19.6 Å². The number of rotatable bonds is 8. The van der Waals surface area contributed by atoms with Crippen molar-refractivity contribution >= 4 is 17.8 Å². The average Bonchev–Trinajstić information content (AvgIpc) is 3.20. The van der Waals surface area contributed by atoms with E-state index >= 15 is 0 Å². The second kappa shape index (κ2) is 11.6. The largest absolute Gasteiger partial charge is 0.357 e. The number of carbonyl (C=O) groups is 2. The fourth-order valence-corrected chi connectivity index (χ4v) is 3.30. The quantitative estimate of drug-likeness (QED) is 0.450. The fourth-order valence-electron chi connectivity index (χ4n) is 3.30. The van der Waals surface area contributed by atoms with E-state index in [1.54, 1.807) is 0 Å². The van der Waals surface area contributed by atoms with Gasteiger partial charge in [0.25, 0.3) is 5.91 Å². The van der Waals surface area contributed by atoms with Gasteiger partial charge in [0.05, 0.1) is 6.54 Å². The van der Waals surface area contributed by atoms with Gasteiger partial charge in [-0.15, -0.1) is 0 Å². The summed E-state index contributed by atoms with van der Waals surface area (Å²) >= 11 is 0. The van der Waals surface area contributed by atoms with Gasteiger partial charge >= 0.3 is 0 Å². The normalized spacial score (nSPS) is 17.7. The van der Waals surface area contributed by atoms with Crippen LogP contribution in [0.2, 0.25) is 0 Å². The Hall–Kier alpha value is -2.57. The molecule has 166 valence electrons. The van der Waals surface area contributed by atoms with Crippen molar-refractivity contribution in [3.8, 4) is 0 Å². The van der Waals surface area contributed by atoms with Crippen molar-refractivity contribution in [1.29, 1.82) is 0 Å². The van der Waals surface area contributed by atoms with Crippen LogP contribution in [-0.4, -0.2) is 54.4 Å². The van der Waals surface area contributed by atoms with Crippen molar-refractivity contribution < 1.29 is 9.59 Å². The maximum Gasteiger partial charge on any atom is 0.251 e. The fraction of sp³-hybridized carbons (Fsp3) is 0.609. The zero-order valence-corrected chi connectivity index (χ0v) is 19.0. The highest BCUT2D eigenvalue weighted by atomic mass is 16.2. The standard InChI is InChI=1S/C23H37N5O2/c1-6-17(5)26-21(29)19-10-8-18(9-11-19)14-25-23(24-7-2)27-20-12-13-28(15-20)22(30)16(3)4/h8-11,16-17,20H,6-7,12-15H2,1-5H3,(H,26,29)(H2,24,25,27). The van der Waals surface area contributed by atoms with Crippen molar-refractivity contribution in [3.63, 3.8) is 0 Å². The Balaban J connectivity index is 1.93. The summed E-state index contributed by atoms with van der Waals surface area (Å²) in [7, 11) is 0. The molecule has 1 saturated heterocycles. The maximum atomic E-state index is 12.2. The highest BCUT2D eigenvalue weighted by molar-refractivity contribution is 5.94. The summed E-state index contributed by atoms with van der Waals surface area (Å²) < 4.78 is 0. The molecule has 2 unspecified atom stereocenters. The zero-order chi connectivity index (χ0) is 22.1. The van der Waals surface area contributed by atoms with Gasteiger partial charge < -0.3 is 20.9 Å². The summed E-state index contributed by atoms with van der Waals surface area (Å²) in [4.78, 5) is 31.0. The summed E-state index contributed by atoms with van der Waals surface area (Å²) in [6, 6.07) is 7.94. The van der Waals surface area contributed by atoms with Gasteiger partial charge in [0.1, 0.15) is 0 Å². The average molecular weight is 416 g/mol. The predicted octanol–water partition coefficient (Wildman–Crippen LogP) is 2.53. The summed E-state index contributed by atoms with van der Waals surface area (Å²) in [5.74, 6) is 0.940. The molecule has 1 aliphatic rings. The van der Waals surface area contributed by atoms with Crippen LogP contribution in [0.4, 0.5) is 0 Å². The highest BCUT2D eigenvalue weighted by Crippen LogP contribution is 2.13. The number of guanidine groups is 1. The Bertz CT molecular complexity index is 730. The molecule has 1 fully saturated rings. The van der Waals surface area contributed by atoms with E-state index in [1.807, 2.05) is 63.8 Å². The predicted molar refractivity (Wildman–Crippen MR) is 121 cm³/mol. The number of hydrogen-bond acceptors (Lipinski definition) is 3. The van der Waals surface area contributed by atoms with Crippen molar-refractivity contribution in [3.05, 3.63) is 35.4 Å². The second-order valence-corrected chi connectivity index (χ2v) is 8.24. The van der Waals surface area contributed by atoms with Gasteiger partial charge in [-0.3, -0.25) is 9.59 Å². The molecule has 0 aliphatic carbocycles. The Kier molecular flexibility index (Phi) is 9.15. The SMILES string of the molecule is CCNC(=NCc1ccc(C(=O)NC(C)CC)cc1)NC1CCN(C(=O)C(C)C)C1. The van der Waals surface area contributed by atoms with Crippen LogP contribution < -0.4 is 16.0 Å². The Morgan fingerprint density at radius 3 is 2.47 bits per heavy atom. The van der Waals surface area contributed by atoms with Gasteiger partial charge in [-0.1, -0.05) is 32.9 Å². The Morgan fingerprint density at radius 1 is 1.17 bits per heavy atom. The lowest BCUT2D eigenvalue weighted by atomic mass is 10.1. The molecule has 1 aliphatic heterocycles. The van der Waals surface area contributed by atoms with E-state index in [0.29, 0.717) is 18.7 Å². The minimum atomic E-state index is -0.0452.